The molecule has 1 atom stereocenters. The van der Waals surface area contributed by atoms with Crippen molar-refractivity contribution in [2.75, 3.05) is 31.6 Å². The maximum absolute atomic E-state index is 12.6. The number of sulfonamides is 1. The van der Waals surface area contributed by atoms with Gasteiger partial charge in [-0.25, -0.2) is 8.42 Å². The van der Waals surface area contributed by atoms with E-state index in [4.69, 9.17) is 4.74 Å². The van der Waals surface area contributed by atoms with Gasteiger partial charge in [-0.3, -0.25) is 4.79 Å². The van der Waals surface area contributed by atoms with Crippen LogP contribution >= 0.6 is 0 Å². The van der Waals surface area contributed by atoms with Crippen molar-refractivity contribution in [3.63, 3.8) is 0 Å². The molecule has 1 heterocycles. The van der Waals surface area contributed by atoms with Gasteiger partial charge in [0.15, 0.2) is 0 Å². The van der Waals surface area contributed by atoms with E-state index in [1.807, 2.05) is 13.8 Å². The first kappa shape index (κ1) is 16.9. The minimum atomic E-state index is -3.54. The van der Waals surface area contributed by atoms with Crippen molar-refractivity contribution < 1.29 is 17.9 Å². The molecule has 0 unspecified atom stereocenters. The molecule has 1 aliphatic heterocycles. The first-order valence-electron chi connectivity index (χ1n) is 7.44. The molecular formula is C15H22N2O4S. The van der Waals surface area contributed by atoms with Crippen molar-refractivity contribution >= 4 is 21.6 Å². The highest BCUT2D eigenvalue weighted by atomic mass is 32.2. The molecule has 1 aromatic carbocycles. The zero-order valence-corrected chi connectivity index (χ0v) is 13.7. The van der Waals surface area contributed by atoms with Gasteiger partial charge in [0.2, 0.25) is 15.9 Å². The molecule has 0 aliphatic carbocycles. The molecule has 7 heteroatoms. The molecule has 1 N–H and O–H groups in total. The molecule has 1 amide bonds. The summed E-state index contributed by atoms with van der Waals surface area (Å²) in [5.74, 6) is -0.220. The average molecular weight is 326 g/mol. The number of rotatable bonds is 5. The fraction of sp³-hybridized carbons (Fsp3) is 0.533. The third kappa shape index (κ3) is 3.85. The zero-order chi connectivity index (χ0) is 16.2. The van der Waals surface area contributed by atoms with Crippen LogP contribution in [0.5, 0.6) is 0 Å². The van der Waals surface area contributed by atoms with Crippen LogP contribution in [0.3, 0.4) is 0 Å². The standard InChI is InChI=1S/C15H22N2O4S/c1-3-12(2)15(18)16-13-5-4-6-14(11-13)22(19,20)17-7-9-21-10-8-17/h4-6,11-12H,3,7-10H2,1-2H3,(H,16,18)/t12-/m1/s1. The largest absolute Gasteiger partial charge is 0.379 e. The second-order valence-corrected chi connectivity index (χ2v) is 7.28. The highest BCUT2D eigenvalue weighted by molar-refractivity contribution is 7.89. The van der Waals surface area contributed by atoms with Crippen LogP contribution in [-0.4, -0.2) is 44.9 Å². The fourth-order valence-electron chi connectivity index (χ4n) is 2.12. The summed E-state index contributed by atoms with van der Waals surface area (Å²) in [7, 11) is -3.54. The van der Waals surface area contributed by atoms with E-state index in [1.165, 1.54) is 10.4 Å². The molecule has 2 rings (SSSR count). The molecule has 0 bridgehead atoms. The second-order valence-electron chi connectivity index (χ2n) is 5.34. The predicted molar refractivity (Wildman–Crippen MR) is 84.1 cm³/mol. The van der Waals surface area contributed by atoms with Gasteiger partial charge in [0.1, 0.15) is 0 Å². The zero-order valence-electron chi connectivity index (χ0n) is 12.9. The molecular weight excluding hydrogens is 304 g/mol. The third-order valence-electron chi connectivity index (χ3n) is 3.77. The number of amides is 1. The Balaban J connectivity index is 2.18. The van der Waals surface area contributed by atoms with Crippen molar-refractivity contribution in [1.29, 1.82) is 0 Å². The van der Waals surface area contributed by atoms with Crippen molar-refractivity contribution in [1.82, 2.24) is 4.31 Å². The van der Waals surface area contributed by atoms with Gasteiger partial charge in [0, 0.05) is 24.7 Å². The number of carbonyl (C=O) groups is 1. The number of hydrogen-bond acceptors (Lipinski definition) is 4. The number of benzene rings is 1. The smallest absolute Gasteiger partial charge is 0.243 e. The molecule has 0 aromatic heterocycles. The third-order valence-corrected chi connectivity index (χ3v) is 5.66. The van der Waals surface area contributed by atoms with Crippen LogP contribution in [0.25, 0.3) is 0 Å². The van der Waals surface area contributed by atoms with Crippen molar-refractivity contribution in [3.8, 4) is 0 Å². The highest BCUT2D eigenvalue weighted by Crippen LogP contribution is 2.21. The van der Waals surface area contributed by atoms with E-state index in [1.54, 1.807) is 18.2 Å². The summed E-state index contributed by atoms with van der Waals surface area (Å²) in [5, 5.41) is 2.76. The Morgan fingerprint density at radius 3 is 2.68 bits per heavy atom. The SMILES string of the molecule is CC[C@@H](C)C(=O)Nc1cccc(S(=O)(=O)N2CCOCC2)c1. The predicted octanol–water partition coefficient (Wildman–Crippen LogP) is 1.69. The quantitative estimate of drug-likeness (QED) is 0.893. The van der Waals surface area contributed by atoms with E-state index in [9.17, 15) is 13.2 Å². The van der Waals surface area contributed by atoms with Crippen LogP contribution in [0.2, 0.25) is 0 Å². The summed E-state index contributed by atoms with van der Waals surface area (Å²) in [5.41, 5.74) is 0.500. The van der Waals surface area contributed by atoms with Crippen LogP contribution in [0.1, 0.15) is 20.3 Å². The van der Waals surface area contributed by atoms with Crippen LogP contribution in [-0.2, 0) is 19.6 Å². The number of ether oxygens (including phenoxy) is 1. The lowest BCUT2D eigenvalue weighted by atomic mass is 10.1. The molecule has 1 aromatic rings. The Morgan fingerprint density at radius 1 is 1.36 bits per heavy atom. The Bertz CT molecular complexity index is 624. The number of morpholine rings is 1. The van der Waals surface area contributed by atoms with Gasteiger partial charge in [-0.05, 0) is 24.6 Å². The molecule has 1 fully saturated rings. The molecule has 1 saturated heterocycles. The molecule has 0 spiro atoms. The Labute approximate surface area is 131 Å². The summed E-state index contributed by atoms with van der Waals surface area (Å²) < 4.78 is 31.7. The van der Waals surface area contributed by atoms with Gasteiger partial charge in [-0.15, -0.1) is 0 Å². The summed E-state index contributed by atoms with van der Waals surface area (Å²) in [6, 6.07) is 6.38. The molecule has 122 valence electrons. The summed E-state index contributed by atoms with van der Waals surface area (Å²) in [4.78, 5) is 12.1. The Morgan fingerprint density at radius 2 is 2.05 bits per heavy atom. The Hall–Kier alpha value is -1.44. The van der Waals surface area contributed by atoms with Crippen LogP contribution in [0, 0.1) is 5.92 Å². The van der Waals surface area contributed by atoms with Crippen molar-refractivity contribution in [3.05, 3.63) is 24.3 Å². The first-order chi connectivity index (χ1) is 10.4. The highest BCUT2D eigenvalue weighted by Gasteiger charge is 2.26. The molecule has 0 radical (unpaired) electrons. The molecule has 0 saturated carbocycles. The number of carbonyl (C=O) groups excluding carboxylic acids is 1. The first-order valence-corrected chi connectivity index (χ1v) is 8.88. The van der Waals surface area contributed by atoms with E-state index >= 15 is 0 Å². The lowest BCUT2D eigenvalue weighted by Gasteiger charge is -2.26. The summed E-state index contributed by atoms with van der Waals surface area (Å²) >= 11 is 0. The van der Waals surface area contributed by atoms with Crippen LogP contribution in [0.4, 0.5) is 5.69 Å². The van der Waals surface area contributed by atoms with Crippen molar-refractivity contribution in [2.24, 2.45) is 5.92 Å². The maximum Gasteiger partial charge on any atom is 0.243 e. The van der Waals surface area contributed by atoms with E-state index < -0.39 is 10.0 Å². The molecule has 22 heavy (non-hydrogen) atoms. The summed E-state index contributed by atoms with van der Waals surface area (Å²) in [6.45, 7) is 5.29. The second kappa shape index (κ2) is 7.21. The molecule has 6 nitrogen and oxygen atoms in total. The lowest BCUT2D eigenvalue weighted by Crippen LogP contribution is -2.40. The normalized spacial score (nSPS) is 17.9. The van der Waals surface area contributed by atoms with Gasteiger partial charge in [-0.1, -0.05) is 19.9 Å². The fourth-order valence-corrected chi connectivity index (χ4v) is 3.58. The van der Waals surface area contributed by atoms with E-state index in [-0.39, 0.29) is 16.7 Å². The lowest BCUT2D eigenvalue weighted by molar-refractivity contribution is -0.119. The van der Waals surface area contributed by atoms with Gasteiger partial charge in [0.25, 0.3) is 0 Å². The van der Waals surface area contributed by atoms with E-state index in [0.717, 1.165) is 6.42 Å². The van der Waals surface area contributed by atoms with E-state index in [2.05, 4.69) is 5.32 Å². The van der Waals surface area contributed by atoms with E-state index in [0.29, 0.717) is 32.0 Å². The topological polar surface area (TPSA) is 75.7 Å². The van der Waals surface area contributed by atoms with Crippen LogP contribution < -0.4 is 5.32 Å². The number of hydrogen-bond donors (Lipinski definition) is 1. The monoisotopic (exact) mass is 326 g/mol. The number of nitrogens with zero attached hydrogens (tertiary/aromatic N) is 1. The van der Waals surface area contributed by atoms with Gasteiger partial charge in [0.05, 0.1) is 18.1 Å². The van der Waals surface area contributed by atoms with Gasteiger partial charge >= 0.3 is 0 Å². The summed E-state index contributed by atoms with van der Waals surface area (Å²) in [6.07, 6.45) is 0.734. The van der Waals surface area contributed by atoms with Crippen LogP contribution in [0.15, 0.2) is 29.2 Å². The maximum atomic E-state index is 12.6. The van der Waals surface area contributed by atoms with Gasteiger partial charge in [-0.2, -0.15) is 4.31 Å². The Kier molecular flexibility index (Phi) is 5.55. The minimum Gasteiger partial charge on any atom is -0.379 e. The van der Waals surface area contributed by atoms with Gasteiger partial charge < -0.3 is 10.1 Å². The number of nitrogens with one attached hydrogen (secondary N) is 1. The average Bonchev–Trinajstić information content (AvgIpc) is 2.55. The number of anilines is 1. The minimum absolute atomic E-state index is 0.108. The molecule has 1 aliphatic rings. The van der Waals surface area contributed by atoms with Crippen molar-refractivity contribution in [2.45, 2.75) is 25.2 Å².